The molecule has 1 unspecified atom stereocenters. The average molecular weight is 273 g/mol. The number of carboxylic acid groups (broad SMARTS) is 1. The van der Waals surface area contributed by atoms with Crippen LogP contribution in [0.15, 0.2) is 10.7 Å². The van der Waals surface area contributed by atoms with Crippen molar-refractivity contribution in [2.24, 2.45) is 0 Å². The van der Waals surface area contributed by atoms with Crippen LogP contribution in [0.2, 0.25) is 0 Å². The molecule has 1 aliphatic rings. The van der Waals surface area contributed by atoms with Gasteiger partial charge in [-0.3, -0.25) is 10.1 Å². The molecule has 3 N–H and O–H groups in total. The van der Waals surface area contributed by atoms with Crippen molar-refractivity contribution in [3.63, 3.8) is 0 Å². The smallest absolute Gasteiger partial charge is 0.321 e. The maximum atomic E-state index is 11.0. The number of H-pyrrole nitrogens is 1. The Balaban J connectivity index is 2.43. The van der Waals surface area contributed by atoms with Crippen LogP contribution in [0.1, 0.15) is 25.1 Å². The van der Waals surface area contributed by atoms with Crippen molar-refractivity contribution in [1.82, 2.24) is 10.3 Å². The Hall–Kier alpha value is -0.810. The van der Waals surface area contributed by atoms with Crippen LogP contribution in [0.3, 0.4) is 0 Å². The van der Waals surface area contributed by atoms with Gasteiger partial charge in [0, 0.05) is 17.7 Å². The highest BCUT2D eigenvalue weighted by Gasteiger charge is 2.36. The molecule has 0 spiro atoms. The lowest BCUT2D eigenvalue weighted by Gasteiger charge is -2.35. The number of halogens is 1. The molecule has 2 rings (SSSR count). The van der Waals surface area contributed by atoms with Crippen molar-refractivity contribution in [3.05, 3.63) is 21.9 Å². The zero-order valence-electron chi connectivity index (χ0n) is 8.60. The summed E-state index contributed by atoms with van der Waals surface area (Å²) in [5, 5.41) is 12.1. The Morgan fingerprint density at radius 2 is 2.33 bits per heavy atom. The van der Waals surface area contributed by atoms with E-state index in [1.807, 2.05) is 19.9 Å². The Labute approximate surface area is 96.2 Å². The number of nitrogens with one attached hydrogen (secondary N) is 2. The van der Waals surface area contributed by atoms with Gasteiger partial charge in [0.25, 0.3) is 0 Å². The van der Waals surface area contributed by atoms with Gasteiger partial charge in [0.15, 0.2) is 0 Å². The van der Waals surface area contributed by atoms with Gasteiger partial charge < -0.3 is 10.1 Å². The number of hydrogen-bond acceptors (Lipinski definition) is 2. The summed E-state index contributed by atoms with van der Waals surface area (Å²) < 4.78 is 0.897. The van der Waals surface area contributed by atoms with Gasteiger partial charge in [0.1, 0.15) is 6.04 Å². The molecule has 1 aromatic rings. The van der Waals surface area contributed by atoms with Crippen LogP contribution in [-0.2, 0) is 16.8 Å². The second-order valence-corrected chi connectivity index (χ2v) is 5.23. The molecule has 0 aliphatic carbocycles. The second kappa shape index (κ2) is 3.35. The van der Waals surface area contributed by atoms with Crippen molar-refractivity contribution < 1.29 is 9.90 Å². The highest BCUT2D eigenvalue weighted by Crippen LogP contribution is 2.32. The summed E-state index contributed by atoms with van der Waals surface area (Å²) in [6.45, 7) is 3.97. The molecule has 5 heteroatoms. The van der Waals surface area contributed by atoms with Gasteiger partial charge in [-0.2, -0.15) is 0 Å². The largest absolute Gasteiger partial charge is 0.480 e. The number of carboxylic acids is 1. The van der Waals surface area contributed by atoms with E-state index < -0.39 is 12.0 Å². The molecule has 2 heterocycles. The summed E-state index contributed by atoms with van der Waals surface area (Å²) in [5.41, 5.74) is 1.82. The molecular formula is C10H13BrN2O2. The topological polar surface area (TPSA) is 65.1 Å². The van der Waals surface area contributed by atoms with Gasteiger partial charge in [-0.1, -0.05) is 0 Å². The van der Waals surface area contributed by atoms with Crippen LogP contribution in [0.5, 0.6) is 0 Å². The highest BCUT2D eigenvalue weighted by molar-refractivity contribution is 9.10. The molecule has 0 aromatic carbocycles. The first-order chi connectivity index (χ1) is 6.90. The standard InChI is InChI=1S/C10H13BrN2O2/c1-10(2)5-3-8(11)12-6(5)4-7(13-10)9(14)15/h3,7,12-13H,4H2,1-2H3,(H,14,15). The molecule has 0 amide bonds. The van der Waals surface area contributed by atoms with Gasteiger partial charge in [-0.15, -0.1) is 0 Å². The summed E-state index contributed by atoms with van der Waals surface area (Å²) >= 11 is 3.37. The molecule has 1 atom stereocenters. The van der Waals surface area contributed by atoms with Crippen molar-refractivity contribution in [2.45, 2.75) is 31.8 Å². The molecule has 82 valence electrons. The van der Waals surface area contributed by atoms with E-state index in [4.69, 9.17) is 5.11 Å². The van der Waals surface area contributed by atoms with Crippen molar-refractivity contribution in [1.29, 1.82) is 0 Å². The molecule has 0 radical (unpaired) electrons. The SMILES string of the molecule is CC1(C)NC(C(=O)O)Cc2[nH]c(Br)cc21. The zero-order chi connectivity index (χ0) is 11.2. The number of fused-ring (bicyclic) bond motifs is 1. The molecular weight excluding hydrogens is 260 g/mol. The molecule has 0 bridgehead atoms. The fourth-order valence-corrected chi connectivity index (χ4v) is 2.57. The fourth-order valence-electron chi connectivity index (χ4n) is 2.10. The van der Waals surface area contributed by atoms with Crippen LogP contribution < -0.4 is 5.32 Å². The summed E-state index contributed by atoms with van der Waals surface area (Å²) in [4.78, 5) is 14.1. The predicted octanol–water partition coefficient (Wildman–Crippen LogP) is 1.61. The van der Waals surface area contributed by atoms with Gasteiger partial charge in [-0.25, -0.2) is 0 Å². The summed E-state index contributed by atoms with van der Waals surface area (Å²) in [5.74, 6) is -0.806. The predicted molar refractivity (Wildman–Crippen MR) is 59.8 cm³/mol. The van der Waals surface area contributed by atoms with E-state index in [9.17, 15) is 4.79 Å². The van der Waals surface area contributed by atoms with Gasteiger partial charge >= 0.3 is 5.97 Å². The number of aromatic amines is 1. The lowest BCUT2D eigenvalue weighted by molar-refractivity contribution is -0.140. The van der Waals surface area contributed by atoms with E-state index >= 15 is 0 Å². The molecule has 15 heavy (non-hydrogen) atoms. The average Bonchev–Trinajstić information content (AvgIpc) is 2.45. The first-order valence-electron chi connectivity index (χ1n) is 4.78. The Morgan fingerprint density at radius 1 is 1.67 bits per heavy atom. The van der Waals surface area contributed by atoms with E-state index in [-0.39, 0.29) is 5.54 Å². The van der Waals surface area contributed by atoms with Gasteiger partial charge in [0.05, 0.1) is 4.60 Å². The third kappa shape index (κ3) is 1.81. The Bertz CT molecular complexity index is 412. The maximum Gasteiger partial charge on any atom is 0.321 e. The number of aromatic nitrogens is 1. The zero-order valence-corrected chi connectivity index (χ0v) is 10.2. The van der Waals surface area contributed by atoms with Crippen LogP contribution >= 0.6 is 15.9 Å². The minimum atomic E-state index is -0.806. The summed E-state index contributed by atoms with van der Waals surface area (Å²) in [7, 11) is 0. The third-order valence-corrected chi connectivity index (χ3v) is 3.21. The van der Waals surface area contributed by atoms with Crippen molar-refractivity contribution in [2.75, 3.05) is 0 Å². The van der Waals surface area contributed by atoms with Crippen molar-refractivity contribution in [3.8, 4) is 0 Å². The number of aliphatic carboxylic acids is 1. The first-order valence-corrected chi connectivity index (χ1v) is 5.58. The van der Waals surface area contributed by atoms with E-state index in [1.54, 1.807) is 0 Å². The summed E-state index contributed by atoms with van der Waals surface area (Å²) in [6.07, 6.45) is 0.500. The summed E-state index contributed by atoms with van der Waals surface area (Å²) in [6, 6.07) is 1.48. The molecule has 0 saturated carbocycles. The monoisotopic (exact) mass is 272 g/mol. The van der Waals surface area contributed by atoms with Crippen molar-refractivity contribution >= 4 is 21.9 Å². The van der Waals surface area contributed by atoms with Crippen LogP contribution in [0.25, 0.3) is 0 Å². The maximum absolute atomic E-state index is 11.0. The molecule has 0 fully saturated rings. The lowest BCUT2D eigenvalue weighted by atomic mass is 9.87. The minimum Gasteiger partial charge on any atom is -0.480 e. The quantitative estimate of drug-likeness (QED) is 0.728. The van der Waals surface area contributed by atoms with Crippen LogP contribution in [0.4, 0.5) is 0 Å². The molecule has 0 saturated heterocycles. The number of rotatable bonds is 1. The number of carbonyl (C=O) groups is 1. The second-order valence-electron chi connectivity index (χ2n) is 4.37. The normalized spacial score (nSPS) is 23.5. The van der Waals surface area contributed by atoms with Gasteiger partial charge in [-0.05, 0) is 41.4 Å². The van der Waals surface area contributed by atoms with E-state index in [0.29, 0.717) is 6.42 Å². The third-order valence-electron chi connectivity index (χ3n) is 2.78. The molecule has 4 nitrogen and oxygen atoms in total. The number of hydrogen-bond donors (Lipinski definition) is 3. The Morgan fingerprint density at radius 3 is 2.93 bits per heavy atom. The van der Waals surface area contributed by atoms with E-state index in [1.165, 1.54) is 0 Å². The van der Waals surface area contributed by atoms with E-state index in [0.717, 1.165) is 15.9 Å². The minimum absolute atomic E-state index is 0.306. The highest BCUT2D eigenvalue weighted by atomic mass is 79.9. The Kier molecular flexibility index (Phi) is 2.39. The lowest BCUT2D eigenvalue weighted by Crippen LogP contribution is -2.52. The molecule has 1 aromatic heterocycles. The fraction of sp³-hybridized carbons (Fsp3) is 0.500. The van der Waals surface area contributed by atoms with Crippen LogP contribution in [-0.4, -0.2) is 22.1 Å². The molecule has 1 aliphatic heterocycles. The van der Waals surface area contributed by atoms with Gasteiger partial charge in [0.2, 0.25) is 0 Å². The first kappa shape index (κ1) is 10.7. The van der Waals surface area contributed by atoms with Crippen LogP contribution in [0, 0.1) is 0 Å². The van der Waals surface area contributed by atoms with E-state index in [2.05, 4.69) is 26.2 Å².